The van der Waals surface area contributed by atoms with E-state index in [0.29, 0.717) is 36.7 Å². The molecule has 0 N–H and O–H groups in total. The average molecular weight is 448 g/mol. The van der Waals surface area contributed by atoms with Gasteiger partial charge in [0.1, 0.15) is 5.82 Å². The molecule has 0 bridgehead atoms. The molecule has 0 radical (unpaired) electrons. The fourth-order valence-corrected chi connectivity index (χ4v) is 5.01. The Kier molecular flexibility index (Phi) is 5.42. The second-order valence-corrected chi connectivity index (χ2v) is 10.4. The van der Waals surface area contributed by atoms with Crippen LogP contribution < -0.4 is 9.21 Å². The molecule has 1 aliphatic rings. The first-order chi connectivity index (χ1) is 14.2. The summed E-state index contributed by atoms with van der Waals surface area (Å²) in [7, 11) is -1.84. The molecular weight excluding hydrogens is 425 g/mol. The number of rotatable bonds is 4. The Morgan fingerprint density at radius 2 is 1.70 bits per heavy atom. The van der Waals surface area contributed by atoms with Gasteiger partial charge in [-0.1, -0.05) is 0 Å². The first-order valence-electron chi connectivity index (χ1n) is 9.50. The average Bonchev–Trinajstić information content (AvgIpc) is 3.16. The molecule has 30 heavy (non-hydrogen) atoms. The summed E-state index contributed by atoms with van der Waals surface area (Å²) in [5.41, 5.74) is 1.52. The summed E-state index contributed by atoms with van der Waals surface area (Å²) in [5, 5.41) is 0.848. The van der Waals surface area contributed by atoms with Crippen molar-refractivity contribution in [2.45, 2.75) is 0 Å². The van der Waals surface area contributed by atoms with Crippen molar-refractivity contribution in [1.82, 2.24) is 4.90 Å². The van der Waals surface area contributed by atoms with Crippen molar-refractivity contribution in [2.75, 3.05) is 48.7 Å². The van der Waals surface area contributed by atoms with Crippen molar-refractivity contribution in [3.63, 3.8) is 0 Å². The van der Waals surface area contributed by atoms with Crippen LogP contribution in [-0.4, -0.2) is 58.7 Å². The smallest absolute Gasteiger partial charge is 0.264 e. The number of amides is 1. The fraction of sp³-hybridized carbons (Fsp3) is 0.286. The van der Waals surface area contributed by atoms with E-state index in [2.05, 4.69) is 4.90 Å². The molecule has 4 rings (SSSR count). The van der Waals surface area contributed by atoms with Crippen LogP contribution in [0, 0.1) is 5.82 Å². The molecule has 0 aliphatic carbocycles. The number of carbonyl (C=O) groups excluding carboxylic acids is 1. The summed E-state index contributed by atoms with van der Waals surface area (Å²) in [4.78, 5) is 17.6. The number of anilines is 2. The van der Waals surface area contributed by atoms with E-state index >= 15 is 0 Å². The van der Waals surface area contributed by atoms with Crippen LogP contribution in [0.4, 0.5) is 15.8 Å². The van der Waals surface area contributed by atoms with Crippen LogP contribution in [0.1, 0.15) is 9.67 Å². The summed E-state index contributed by atoms with van der Waals surface area (Å²) in [6, 6.07) is 13.6. The molecule has 3 aromatic rings. The van der Waals surface area contributed by atoms with Crippen molar-refractivity contribution in [3.8, 4) is 0 Å². The van der Waals surface area contributed by atoms with Crippen LogP contribution in [0.25, 0.3) is 10.1 Å². The van der Waals surface area contributed by atoms with Gasteiger partial charge in [0, 0.05) is 43.6 Å². The molecule has 1 amide bonds. The lowest BCUT2D eigenvalue weighted by atomic mass is 10.2. The molecule has 1 aromatic heterocycles. The molecule has 0 unspecified atom stereocenters. The number of hydrogen-bond acceptors (Lipinski definition) is 5. The molecule has 1 aliphatic heterocycles. The maximum Gasteiger partial charge on any atom is 0.264 e. The predicted molar refractivity (Wildman–Crippen MR) is 120 cm³/mol. The number of hydrogen-bond donors (Lipinski definition) is 0. The highest BCUT2D eigenvalue weighted by molar-refractivity contribution is 7.92. The minimum atomic E-state index is -3.35. The van der Waals surface area contributed by atoms with Gasteiger partial charge in [0.15, 0.2) is 0 Å². The quantitative estimate of drug-likeness (QED) is 0.615. The molecule has 1 saturated heterocycles. The number of nitrogens with zero attached hydrogens (tertiary/aromatic N) is 3. The Labute approximate surface area is 179 Å². The highest BCUT2D eigenvalue weighted by atomic mass is 32.2. The Morgan fingerprint density at radius 3 is 2.33 bits per heavy atom. The number of benzene rings is 2. The van der Waals surface area contributed by atoms with Crippen molar-refractivity contribution in [2.24, 2.45) is 0 Å². The maximum atomic E-state index is 13.1. The molecule has 158 valence electrons. The van der Waals surface area contributed by atoms with E-state index in [1.54, 1.807) is 24.3 Å². The third kappa shape index (κ3) is 4.13. The van der Waals surface area contributed by atoms with Crippen LogP contribution in [0.2, 0.25) is 0 Å². The van der Waals surface area contributed by atoms with E-state index in [-0.39, 0.29) is 11.7 Å². The summed E-state index contributed by atoms with van der Waals surface area (Å²) < 4.78 is 38.8. The highest BCUT2D eigenvalue weighted by Gasteiger charge is 2.24. The highest BCUT2D eigenvalue weighted by Crippen LogP contribution is 2.31. The van der Waals surface area contributed by atoms with Gasteiger partial charge in [-0.25, -0.2) is 12.8 Å². The van der Waals surface area contributed by atoms with Crippen LogP contribution in [-0.2, 0) is 10.0 Å². The summed E-state index contributed by atoms with van der Waals surface area (Å²) >= 11 is 1.41. The van der Waals surface area contributed by atoms with E-state index in [9.17, 15) is 17.6 Å². The van der Waals surface area contributed by atoms with E-state index in [4.69, 9.17) is 0 Å². The standard InChI is InChI=1S/C21H22FN3O3S2/c1-23(30(2,27)28)18-7-8-19-15(13-18)14-20(29-19)21(26)25-11-9-24(10-12-25)17-5-3-16(22)4-6-17/h3-8,13-14H,9-12H2,1-2H3. The first kappa shape index (κ1) is 20.6. The predicted octanol–water partition coefficient (Wildman–Crippen LogP) is 3.40. The van der Waals surface area contributed by atoms with Gasteiger partial charge in [-0.15, -0.1) is 11.3 Å². The minimum absolute atomic E-state index is 0.0204. The van der Waals surface area contributed by atoms with Gasteiger partial charge >= 0.3 is 0 Å². The molecule has 2 heterocycles. The number of piperazine rings is 1. The number of halogens is 1. The number of fused-ring (bicyclic) bond motifs is 1. The maximum absolute atomic E-state index is 13.1. The second-order valence-electron chi connectivity index (χ2n) is 7.32. The fourth-order valence-electron chi connectivity index (χ4n) is 3.50. The molecule has 0 spiro atoms. The molecular formula is C21H22FN3O3S2. The van der Waals surface area contributed by atoms with Gasteiger partial charge in [-0.2, -0.15) is 0 Å². The number of thiophene rings is 1. The van der Waals surface area contributed by atoms with Crippen LogP contribution in [0.3, 0.4) is 0 Å². The Balaban J connectivity index is 1.48. The first-order valence-corrected chi connectivity index (χ1v) is 12.2. The van der Waals surface area contributed by atoms with Crippen LogP contribution >= 0.6 is 11.3 Å². The number of sulfonamides is 1. The van der Waals surface area contributed by atoms with Crippen molar-refractivity contribution in [1.29, 1.82) is 0 Å². The Hall–Kier alpha value is -2.65. The van der Waals surface area contributed by atoms with Gasteiger partial charge < -0.3 is 9.80 Å². The minimum Gasteiger partial charge on any atom is -0.368 e. The zero-order chi connectivity index (χ0) is 21.5. The van der Waals surface area contributed by atoms with Crippen molar-refractivity contribution < 1.29 is 17.6 Å². The Morgan fingerprint density at radius 1 is 1.03 bits per heavy atom. The van der Waals surface area contributed by atoms with E-state index in [0.717, 1.165) is 22.0 Å². The monoisotopic (exact) mass is 447 g/mol. The summed E-state index contributed by atoms with van der Waals surface area (Å²) in [6.45, 7) is 2.55. The topological polar surface area (TPSA) is 60.9 Å². The van der Waals surface area contributed by atoms with Crippen molar-refractivity contribution >= 4 is 48.7 Å². The largest absolute Gasteiger partial charge is 0.368 e. The summed E-state index contributed by atoms with van der Waals surface area (Å²) in [5.74, 6) is -0.281. The van der Waals surface area contributed by atoms with Gasteiger partial charge in [-0.05, 0) is 53.9 Å². The van der Waals surface area contributed by atoms with E-state index in [1.807, 2.05) is 17.0 Å². The van der Waals surface area contributed by atoms with Gasteiger partial charge in [0.05, 0.1) is 16.8 Å². The lowest BCUT2D eigenvalue weighted by Crippen LogP contribution is -2.48. The molecule has 9 heteroatoms. The molecule has 0 atom stereocenters. The third-order valence-corrected chi connectivity index (χ3v) is 7.64. The molecule has 2 aromatic carbocycles. The second kappa shape index (κ2) is 7.88. The van der Waals surface area contributed by atoms with E-state index in [1.165, 1.54) is 34.8 Å². The zero-order valence-corrected chi connectivity index (χ0v) is 18.3. The van der Waals surface area contributed by atoms with Crippen LogP contribution in [0.15, 0.2) is 48.5 Å². The van der Waals surface area contributed by atoms with E-state index < -0.39 is 10.0 Å². The number of carbonyl (C=O) groups is 1. The molecule has 0 saturated carbocycles. The zero-order valence-electron chi connectivity index (χ0n) is 16.7. The van der Waals surface area contributed by atoms with Crippen molar-refractivity contribution in [3.05, 3.63) is 59.2 Å². The third-order valence-electron chi connectivity index (χ3n) is 5.33. The lowest BCUT2D eigenvalue weighted by Gasteiger charge is -2.36. The van der Waals surface area contributed by atoms with Gasteiger partial charge in [-0.3, -0.25) is 9.10 Å². The lowest BCUT2D eigenvalue weighted by molar-refractivity contribution is 0.0751. The molecule has 1 fully saturated rings. The Bertz CT molecular complexity index is 1180. The molecule has 6 nitrogen and oxygen atoms in total. The SMILES string of the molecule is CN(c1ccc2sc(C(=O)N3CCN(c4ccc(F)cc4)CC3)cc2c1)S(C)(=O)=O. The summed E-state index contributed by atoms with van der Waals surface area (Å²) in [6.07, 6.45) is 1.16. The normalized spacial score (nSPS) is 14.9. The van der Waals surface area contributed by atoms with Gasteiger partial charge in [0.25, 0.3) is 5.91 Å². The van der Waals surface area contributed by atoms with Gasteiger partial charge in [0.2, 0.25) is 10.0 Å². The van der Waals surface area contributed by atoms with Crippen LogP contribution in [0.5, 0.6) is 0 Å².